The molecule has 0 radical (unpaired) electrons. The van der Waals surface area contributed by atoms with Crippen molar-refractivity contribution in [3.8, 4) is 0 Å². The summed E-state index contributed by atoms with van der Waals surface area (Å²) in [5.41, 5.74) is 0.507. The van der Waals surface area contributed by atoms with E-state index in [2.05, 4.69) is 0 Å². The summed E-state index contributed by atoms with van der Waals surface area (Å²) in [5.74, 6) is -2.20. The zero-order chi connectivity index (χ0) is 14.7. The van der Waals surface area contributed by atoms with Crippen LogP contribution in [0.5, 0.6) is 0 Å². The number of carbonyl (C=O) groups is 1. The Morgan fingerprint density at radius 3 is 2.00 bits per heavy atom. The fourth-order valence-electron chi connectivity index (χ4n) is 2.07. The van der Waals surface area contributed by atoms with Crippen LogP contribution in [-0.4, -0.2) is 62.8 Å². The maximum atomic E-state index is 12.6. The van der Waals surface area contributed by atoms with Gasteiger partial charge in [-0.3, -0.25) is 4.79 Å². The molecule has 0 spiro atoms. The van der Waals surface area contributed by atoms with Gasteiger partial charge in [0.2, 0.25) is 11.8 Å². The smallest absolute Gasteiger partial charge is 0.338 e. The molecular formula is C14H22NO4+. The number of hydrogen-bond donors (Lipinski definition) is 1. The summed E-state index contributed by atoms with van der Waals surface area (Å²) < 4.78 is 10.2. The van der Waals surface area contributed by atoms with Crippen LogP contribution in [-0.2, 0) is 9.47 Å². The largest absolute Gasteiger partial charge is 0.343 e. The molecule has 106 valence electrons. The maximum Gasteiger partial charge on any atom is 0.343 e. The Balaban J connectivity index is 3.23. The van der Waals surface area contributed by atoms with Crippen LogP contribution in [0.1, 0.15) is 10.4 Å². The predicted molar refractivity (Wildman–Crippen MR) is 71.6 cm³/mol. The average Bonchev–Trinajstić information content (AvgIpc) is 2.38. The minimum Gasteiger partial charge on any atom is -0.338 e. The van der Waals surface area contributed by atoms with E-state index in [1.807, 2.05) is 6.07 Å². The summed E-state index contributed by atoms with van der Waals surface area (Å²) >= 11 is 0. The number of nitrogens with zero attached hydrogens (tertiary/aromatic N) is 1. The second-order valence-corrected chi connectivity index (χ2v) is 5.29. The number of ketones is 1. The summed E-state index contributed by atoms with van der Waals surface area (Å²) in [6.07, 6.45) is 0. The van der Waals surface area contributed by atoms with Gasteiger partial charge in [0, 0.05) is 19.8 Å². The molecule has 0 fully saturated rings. The van der Waals surface area contributed by atoms with Crippen molar-refractivity contribution >= 4 is 5.78 Å². The van der Waals surface area contributed by atoms with Gasteiger partial charge in [-0.05, 0) is 0 Å². The third kappa shape index (κ3) is 3.39. The van der Waals surface area contributed by atoms with Crippen molar-refractivity contribution in [3.05, 3.63) is 35.9 Å². The number of benzene rings is 1. The molecule has 1 aromatic carbocycles. The molecule has 1 unspecified atom stereocenters. The van der Waals surface area contributed by atoms with Gasteiger partial charge in [0.1, 0.15) is 0 Å². The fraction of sp³-hybridized carbons (Fsp3) is 0.500. The first-order valence-corrected chi connectivity index (χ1v) is 5.99. The van der Waals surface area contributed by atoms with Gasteiger partial charge in [-0.2, -0.15) is 0 Å². The first-order chi connectivity index (χ1) is 8.76. The number of methoxy groups -OCH3 is 2. The second kappa shape index (κ2) is 5.79. The van der Waals surface area contributed by atoms with Crippen LogP contribution in [0.2, 0.25) is 0 Å². The van der Waals surface area contributed by atoms with Gasteiger partial charge in [0.25, 0.3) is 0 Å². The highest BCUT2D eigenvalue weighted by molar-refractivity contribution is 5.99. The molecule has 0 saturated carbocycles. The van der Waals surface area contributed by atoms with Gasteiger partial charge in [0.05, 0.1) is 21.1 Å². The first kappa shape index (κ1) is 15.8. The monoisotopic (exact) mass is 268 g/mol. The van der Waals surface area contributed by atoms with E-state index >= 15 is 0 Å². The van der Waals surface area contributed by atoms with Crippen molar-refractivity contribution in [3.63, 3.8) is 0 Å². The van der Waals surface area contributed by atoms with E-state index in [0.717, 1.165) is 0 Å². The van der Waals surface area contributed by atoms with Gasteiger partial charge >= 0.3 is 5.97 Å². The number of ether oxygens (including phenoxy) is 2. The molecule has 0 aliphatic heterocycles. The molecule has 1 rings (SSSR count). The third-order valence-electron chi connectivity index (χ3n) is 3.01. The highest BCUT2D eigenvalue weighted by Crippen LogP contribution is 2.24. The molecule has 19 heavy (non-hydrogen) atoms. The van der Waals surface area contributed by atoms with Crippen molar-refractivity contribution in [2.75, 3.05) is 35.4 Å². The second-order valence-electron chi connectivity index (χ2n) is 5.29. The lowest BCUT2D eigenvalue weighted by molar-refractivity contribution is -0.902. The van der Waals surface area contributed by atoms with Gasteiger partial charge < -0.3 is 19.1 Å². The van der Waals surface area contributed by atoms with Crippen molar-refractivity contribution in [2.24, 2.45) is 0 Å². The Labute approximate surface area is 114 Å². The minimum absolute atomic E-state index is 0.173. The zero-order valence-corrected chi connectivity index (χ0v) is 12.1. The molecule has 0 amide bonds. The van der Waals surface area contributed by atoms with E-state index in [4.69, 9.17) is 9.47 Å². The number of aliphatic hydroxyl groups is 1. The van der Waals surface area contributed by atoms with Crippen LogP contribution in [0.15, 0.2) is 30.3 Å². The Kier molecular flexibility index (Phi) is 4.81. The molecule has 0 aliphatic rings. The molecule has 0 aromatic heterocycles. The molecule has 1 aromatic rings. The highest BCUT2D eigenvalue weighted by Gasteiger charge is 2.52. The first-order valence-electron chi connectivity index (χ1n) is 5.99. The zero-order valence-electron chi connectivity index (χ0n) is 12.1. The van der Waals surface area contributed by atoms with E-state index in [1.165, 1.54) is 14.2 Å². The summed E-state index contributed by atoms with van der Waals surface area (Å²) in [7, 11) is 8.02. The van der Waals surface area contributed by atoms with Crippen LogP contribution >= 0.6 is 0 Å². The normalized spacial score (nSPS) is 14.2. The Hall–Kier alpha value is -1.27. The van der Waals surface area contributed by atoms with Crippen molar-refractivity contribution < 1.29 is 23.9 Å². The molecule has 0 saturated heterocycles. The van der Waals surface area contributed by atoms with E-state index in [-0.39, 0.29) is 10.3 Å². The van der Waals surface area contributed by atoms with Crippen molar-refractivity contribution in [1.29, 1.82) is 0 Å². The predicted octanol–water partition coefficient (Wildman–Crippen LogP) is 0.883. The number of rotatable bonds is 6. The number of likely N-dealkylation sites (N-methyl/N-ethyl adjacent to an activating group) is 1. The van der Waals surface area contributed by atoms with Gasteiger partial charge in [-0.25, -0.2) is 0 Å². The number of hydrogen-bond acceptors (Lipinski definition) is 4. The highest BCUT2D eigenvalue weighted by atomic mass is 16.8. The summed E-state index contributed by atoms with van der Waals surface area (Å²) in [6, 6.07) is 7.89. The standard InChI is InChI=1S/C14H22NO4/c1-15(2,3)13(14(17,18-4)19-5)12(16)11-9-7-6-8-10-11/h6-10,13,17H,1-5H3/q+1. The van der Waals surface area contributed by atoms with Crippen LogP contribution in [0.25, 0.3) is 0 Å². The topological polar surface area (TPSA) is 55.8 Å². The minimum atomic E-state index is -1.97. The lowest BCUT2D eigenvalue weighted by Gasteiger charge is -2.40. The lowest BCUT2D eigenvalue weighted by Crippen LogP contribution is -2.64. The number of quaternary nitrogens is 1. The SMILES string of the molecule is COC(O)(OC)C(C(=O)c1ccccc1)[N+](C)(C)C. The third-order valence-corrected chi connectivity index (χ3v) is 3.01. The quantitative estimate of drug-likeness (QED) is 0.473. The fourth-order valence-corrected chi connectivity index (χ4v) is 2.07. The molecule has 1 atom stereocenters. The molecule has 0 heterocycles. The van der Waals surface area contributed by atoms with Gasteiger partial charge in [0.15, 0.2) is 0 Å². The Bertz CT molecular complexity index is 421. The van der Waals surface area contributed by atoms with Crippen LogP contribution in [0.3, 0.4) is 0 Å². The average molecular weight is 268 g/mol. The molecule has 0 bridgehead atoms. The Morgan fingerprint density at radius 2 is 1.63 bits per heavy atom. The molecular weight excluding hydrogens is 246 g/mol. The lowest BCUT2D eigenvalue weighted by atomic mass is 10.00. The summed E-state index contributed by atoms with van der Waals surface area (Å²) in [4.78, 5) is 12.6. The van der Waals surface area contributed by atoms with Crippen molar-refractivity contribution in [1.82, 2.24) is 0 Å². The number of carbonyl (C=O) groups excluding carboxylic acids is 1. The van der Waals surface area contributed by atoms with Gasteiger partial charge in [-0.15, -0.1) is 0 Å². The molecule has 5 nitrogen and oxygen atoms in total. The van der Waals surface area contributed by atoms with Crippen molar-refractivity contribution in [2.45, 2.75) is 12.0 Å². The van der Waals surface area contributed by atoms with Gasteiger partial charge in [-0.1, -0.05) is 30.3 Å². The molecule has 5 heteroatoms. The summed E-state index contributed by atoms with van der Waals surface area (Å²) in [5, 5.41) is 10.4. The van der Waals surface area contributed by atoms with E-state index in [1.54, 1.807) is 45.4 Å². The van der Waals surface area contributed by atoms with Crippen LogP contribution in [0, 0.1) is 0 Å². The molecule has 0 aliphatic carbocycles. The van der Waals surface area contributed by atoms with E-state index < -0.39 is 12.0 Å². The van der Waals surface area contributed by atoms with E-state index in [9.17, 15) is 9.90 Å². The van der Waals surface area contributed by atoms with Crippen LogP contribution in [0.4, 0.5) is 0 Å². The maximum absolute atomic E-state index is 12.6. The Morgan fingerprint density at radius 1 is 1.16 bits per heavy atom. The molecule has 1 N–H and O–H groups in total. The van der Waals surface area contributed by atoms with Crippen LogP contribution < -0.4 is 0 Å². The summed E-state index contributed by atoms with van der Waals surface area (Å²) in [6.45, 7) is 0. The number of Topliss-reactive ketones (excluding diaryl/α,β-unsaturated/α-hetero) is 1. The van der Waals surface area contributed by atoms with E-state index in [0.29, 0.717) is 5.56 Å².